The topological polar surface area (TPSA) is 57.9 Å². The molecular weight excluding hydrogens is 222 g/mol. The highest BCUT2D eigenvalue weighted by Crippen LogP contribution is 2.32. The lowest BCUT2D eigenvalue weighted by atomic mass is 9.87. The molecule has 0 unspecified atom stereocenters. The number of sulfone groups is 1. The van der Waals surface area contributed by atoms with E-state index in [1.807, 2.05) is 30.3 Å². The van der Waals surface area contributed by atoms with Crippen LogP contribution < -0.4 is 0 Å². The normalized spacial score (nSPS) is 24.8. The van der Waals surface area contributed by atoms with Crippen LogP contribution in [0.2, 0.25) is 0 Å². The van der Waals surface area contributed by atoms with Crippen LogP contribution in [0.1, 0.15) is 17.9 Å². The highest BCUT2D eigenvalue weighted by Gasteiger charge is 2.34. The second-order valence-corrected chi connectivity index (χ2v) is 6.41. The molecule has 0 saturated carbocycles. The van der Waals surface area contributed by atoms with Crippen molar-refractivity contribution in [2.24, 2.45) is 5.92 Å². The van der Waals surface area contributed by atoms with Crippen molar-refractivity contribution in [1.82, 2.24) is 0 Å². The van der Waals surface area contributed by atoms with Crippen LogP contribution in [-0.2, 0) is 9.84 Å². The molecule has 1 saturated heterocycles. The highest BCUT2D eigenvalue weighted by molar-refractivity contribution is 7.91. The van der Waals surface area contributed by atoms with Crippen LogP contribution in [0, 0.1) is 17.2 Å². The molecule has 0 spiro atoms. The minimum Gasteiger partial charge on any atom is -0.229 e. The first kappa shape index (κ1) is 11.2. The van der Waals surface area contributed by atoms with Gasteiger partial charge in [-0.15, -0.1) is 0 Å². The number of hydrogen-bond acceptors (Lipinski definition) is 3. The van der Waals surface area contributed by atoms with E-state index in [1.54, 1.807) is 0 Å². The molecule has 0 N–H and O–H groups in total. The number of nitriles is 1. The Morgan fingerprint density at radius 1 is 1.31 bits per heavy atom. The third kappa shape index (κ3) is 2.25. The lowest BCUT2D eigenvalue weighted by molar-refractivity contribution is 0.541. The lowest BCUT2D eigenvalue weighted by Crippen LogP contribution is -2.13. The number of hydrogen-bond donors (Lipinski definition) is 0. The molecule has 0 radical (unpaired) electrons. The molecule has 1 heterocycles. The standard InChI is InChI=1S/C12H13NO2S/c13-8-12(10-4-2-1-3-5-10)11-6-7-16(14,15)9-11/h1-5,11-12H,6-7,9H2/t11-,12-/m0/s1. The van der Waals surface area contributed by atoms with Crippen molar-refractivity contribution in [2.75, 3.05) is 11.5 Å². The average Bonchev–Trinajstić information content (AvgIpc) is 2.62. The molecule has 1 aliphatic rings. The summed E-state index contributed by atoms with van der Waals surface area (Å²) in [4.78, 5) is 0. The maximum absolute atomic E-state index is 11.4. The molecule has 0 aromatic heterocycles. The van der Waals surface area contributed by atoms with E-state index in [9.17, 15) is 8.42 Å². The maximum atomic E-state index is 11.4. The van der Waals surface area contributed by atoms with Crippen molar-refractivity contribution in [3.05, 3.63) is 35.9 Å². The van der Waals surface area contributed by atoms with Crippen LogP contribution in [-0.4, -0.2) is 19.9 Å². The Hall–Kier alpha value is -1.34. The molecule has 1 aromatic rings. The highest BCUT2D eigenvalue weighted by atomic mass is 32.2. The van der Waals surface area contributed by atoms with Crippen molar-refractivity contribution >= 4 is 9.84 Å². The Bertz CT molecular complexity index is 502. The quantitative estimate of drug-likeness (QED) is 0.784. The van der Waals surface area contributed by atoms with Gasteiger partial charge >= 0.3 is 0 Å². The molecule has 1 aliphatic heterocycles. The predicted octanol–water partition coefficient (Wildman–Crippen LogP) is 1.73. The summed E-state index contributed by atoms with van der Waals surface area (Å²) in [6.45, 7) is 0. The van der Waals surface area contributed by atoms with Gasteiger partial charge < -0.3 is 0 Å². The summed E-state index contributed by atoms with van der Waals surface area (Å²) in [5.41, 5.74) is 0.923. The van der Waals surface area contributed by atoms with Gasteiger partial charge in [-0.1, -0.05) is 30.3 Å². The first-order valence-corrected chi connectivity index (χ1v) is 7.09. The molecule has 4 heteroatoms. The predicted molar refractivity (Wildman–Crippen MR) is 61.6 cm³/mol. The van der Waals surface area contributed by atoms with E-state index < -0.39 is 9.84 Å². The zero-order valence-corrected chi connectivity index (χ0v) is 9.65. The van der Waals surface area contributed by atoms with Gasteiger partial charge in [0, 0.05) is 0 Å². The van der Waals surface area contributed by atoms with Crippen molar-refractivity contribution in [3.63, 3.8) is 0 Å². The Balaban J connectivity index is 2.23. The van der Waals surface area contributed by atoms with Gasteiger partial charge in [-0.05, 0) is 17.9 Å². The number of nitrogens with zero attached hydrogens (tertiary/aromatic N) is 1. The molecule has 2 atom stereocenters. The zero-order chi connectivity index (χ0) is 11.6. The van der Waals surface area contributed by atoms with Crippen molar-refractivity contribution < 1.29 is 8.42 Å². The van der Waals surface area contributed by atoms with Crippen molar-refractivity contribution in [1.29, 1.82) is 5.26 Å². The minimum absolute atomic E-state index is 0.0441. The first-order valence-electron chi connectivity index (χ1n) is 5.27. The summed E-state index contributed by atoms with van der Waals surface area (Å²) in [5, 5.41) is 9.17. The average molecular weight is 235 g/mol. The SMILES string of the molecule is N#C[C@@H](c1ccccc1)[C@H]1CCS(=O)(=O)C1. The molecular formula is C12H13NO2S. The fraction of sp³-hybridized carbons (Fsp3) is 0.417. The van der Waals surface area contributed by atoms with Gasteiger partial charge in [0.25, 0.3) is 0 Å². The largest absolute Gasteiger partial charge is 0.229 e. The van der Waals surface area contributed by atoms with Crippen LogP contribution in [0.5, 0.6) is 0 Å². The van der Waals surface area contributed by atoms with Gasteiger partial charge in [-0.2, -0.15) is 5.26 Å². The van der Waals surface area contributed by atoms with Crippen molar-refractivity contribution in [2.45, 2.75) is 12.3 Å². The maximum Gasteiger partial charge on any atom is 0.150 e. The van der Waals surface area contributed by atoms with Crippen LogP contribution in [0.3, 0.4) is 0 Å². The minimum atomic E-state index is -2.91. The number of rotatable bonds is 2. The van der Waals surface area contributed by atoms with Gasteiger partial charge in [-0.3, -0.25) is 0 Å². The molecule has 0 amide bonds. The Morgan fingerprint density at radius 3 is 2.50 bits per heavy atom. The van der Waals surface area contributed by atoms with Crippen LogP contribution in [0.15, 0.2) is 30.3 Å². The van der Waals surface area contributed by atoms with Gasteiger partial charge in [0.15, 0.2) is 9.84 Å². The zero-order valence-electron chi connectivity index (χ0n) is 8.83. The van der Waals surface area contributed by atoms with E-state index in [4.69, 9.17) is 5.26 Å². The summed E-state index contributed by atoms with van der Waals surface area (Å²) in [7, 11) is -2.91. The fourth-order valence-electron chi connectivity index (χ4n) is 2.20. The molecule has 3 nitrogen and oxygen atoms in total. The summed E-state index contributed by atoms with van der Waals surface area (Å²) in [6.07, 6.45) is 0.607. The monoisotopic (exact) mass is 235 g/mol. The molecule has 16 heavy (non-hydrogen) atoms. The fourth-order valence-corrected chi connectivity index (χ4v) is 4.04. The Morgan fingerprint density at radius 2 is 2.00 bits per heavy atom. The molecule has 1 aromatic carbocycles. The third-order valence-electron chi connectivity index (χ3n) is 3.04. The first-order chi connectivity index (χ1) is 7.62. The molecule has 84 valence electrons. The van der Waals surface area contributed by atoms with Gasteiger partial charge in [0.1, 0.15) is 0 Å². The Kier molecular flexibility index (Phi) is 2.97. The van der Waals surface area contributed by atoms with Crippen molar-refractivity contribution in [3.8, 4) is 6.07 Å². The van der Waals surface area contributed by atoms with E-state index in [0.29, 0.717) is 6.42 Å². The van der Waals surface area contributed by atoms with E-state index in [-0.39, 0.29) is 23.3 Å². The second-order valence-electron chi connectivity index (χ2n) is 4.18. The van der Waals surface area contributed by atoms with Gasteiger partial charge in [-0.25, -0.2) is 8.42 Å². The molecule has 2 rings (SSSR count). The lowest BCUT2D eigenvalue weighted by Gasteiger charge is -2.15. The second kappa shape index (κ2) is 4.26. The van der Waals surface area contributed by atoms with E-state index in [2.05, 4.69) is 6.07 Å². The third-order valence-corrected chi connectivity index (χ3v) is 4.83. The van der Waals surface area contributed by atoms with Gasteiger partial charge in [0.05, 0.1) is 23.5 Å². The van der Waals surface area contributed by atoms with Crippen LogP contribution in [0.25, 0.3) is 0 Å². The van der Waals surface area contributed by atoms with Crippen LogP contribution >= 0.6 is 0 Å². The van der Waals surface area contributed by atoms with E-state index >= 15 is 0 Å². The van der Waals surface area contributed by atoms with E-state index in [1.165, 1.54) is 0 Å². The number of benzene rings is 1. The summed E-state index contributed by atoms with van der Waals surface area (Å²) in [5.74, 6) is 0.0406. The molecule has 0 bridgehead atoms. The summed E-state index contributed by atoms with van der Waals surface area (Å²) in [6, 6.07) is 11.7. The summed E-state index contributed by atoms with van der Waals surface area (Å²) < 4.78 is 22.8. The van der Waals surface area contributed by atoms with Gasteiger partial charge in [0.2, 0.25) is 0 Å². The van der Waals surface area contributed by atoms with E-state index in [0.717, 1.165) is 5.56 Å². The smallest absolute Gasteiger partial charge is 0.150 e. The summed E-state index contributed by atoms with van der Waals surface area (Å²) >= 11 is 0. The van der Waals surface area contributed by atoms with Crippen LogP contribution in [0.4, 0.5) is 0 Å². The molecule has 1 fully saturated rings. The Labute approximate surface area is 95.6 Å². The molecule has 0 aliphatic carbocycles.